The fraction of sp³-hybridized carbons (Fsp3) is 0.276. The molecular formula is C29H31N3O3. The van der Waals surface area contributed by atoms with E-state index in [1.165, 1.54) is 0 Å². The molecule has 6 heteroatoms. The third-order valence-corrected chi connectivity index (χ3v) is 6.48. The van der Waals surface area contributed by atoms with Crippen LogP contribution in [0.5, 0.6) is 0 Å². The molecule has 1 aliphatic heterocycles. The van der Waals surface area contributed by atoms with Crippen molar-refractivity contribution in [2.45, 2.75) is 39.3 Å². The van der Waals surface area contributed by atoms with E-state index in [9.17, 15) is 14.7 Å². The topological polar surface area (TPSA) is 73.7 Å². The van der Waals surface area contributed by atoms with Crippen LogP contribution in [0.25, 0.3) is 0 Å². The molecule has 0 spiro atoms. The number of hydrogen-bond donors (Lipinski definition) is 1. The van der Waals surface area contributed by atoms with E-state index in [0.29, 0.717) is 12.1 Å². The van der Waals surface area contributed by atoms with Crippen LogP contribution in [0, 0.1) is 0 Å². The molecule has 35 heavy (non-hydrogen) atoms. The van der Waals surface area contributed by atoms with Gasteiger partial charge in [0, 0.05) is 31.4 Å². The summed E-state index contributed by atoms with van der Waals surface area (Å²) in [5.41, 5.74) is 3.76. The van der Waals surface area contributed by atoms with Crippen molar-refractivity contribution >= 4 is 17.4 Å². The summed E-state index contributed by atoms with van der Waals surface area (Å²) in [4.78, 5) is 34.7. The summed E-state index contributed by atoms with van der Waals surface area (Å²) in [6.45, 7) is 6.17. The summed E-state index contributed by atoms with van der Waals surface area (Å²) in [5.74, 6) is -1.23. The van der Waals surface area contributed by atoms with E-state index in [0.717, 1.165) is 29.9 Å². The molecule has 0 aliphatic carbocycles. The first-order valence-corrected chi connectivity index (χ1v) is 12.1. The van der Waals surface area contributed by atoms with Crippen molar-refractivity contribution in [3.05, 3.63) is 107 Å². The van der Waals surface area contributed by atoms with E-state index >= 15 is 0 Å². The first-order chi connectivity index (χ1) is 17.0. The Morgan fingerprint density at radius 2 is 1.66 bits per heavy atom. The van der Waals surface area contributed by atoms with Crippen LogP contribution >= 0.6 is 0 Å². The highest BCUT2D eigenvalue weighted by molar-refractivity contribution is 6.09. The molecule has 0 radical (unpaired) electrons. The number of anilines is 1. The number of ketones is 1. The highest BCUT2D eigenvalue weighted by Crippen LogP contribution is 2.39. The van der Waals surface area contributed by atoms with Gasteiger partial charge in [-0.15, -0.1) is 0 Å². The molecule has 1 unspecified atom stereocenters. The van der Waals surface area contributed by atoms with E-state index in [1.54, 1.807) is 11.1 Å². The molecule has 180 valence electrons. The lowest BCUT2D eigenvalue weighted by Crippen LogP contribution is -2.31. The zero-order valence-corrected chi connectivity index (χ0v) is 20.2. The minimum atomic E-state index is -0.668. The highest BCUT2D eigenvalue weighted by atomic mass is 16.3. The maximum atomic E-state index is 13.4. The largest absolute Gasteiger partial charge is 0.503 e. The number of pyridine rings is 1. The Bertz CT molecular complexity index is 1190. The van der Waals surface area contributed by atoms with E-state index in [1.807, 2.05) is 72.8 Å². The lowest BCUT2D eigenvalue weighted by Gasteiger charge is -2.27. The van der Waals surface area contributed by atoms with Gasteiger partial charge in [0.05, 0.1) is 23.9 Å². The summed E-state index contributed by atoms with van der Waals surface area (Å²) in [5, 5.41) is 10.9. The lowest BCUT2D eigenvalue weighted by atomic mass is 9.93. The number of Topliss-reactive ketones (excluding diaryl/α,β-unsaturated/α-hetero) is 1. The van der Waals surface area contributed by atoms with E-state index in [-0.39, 0.29) is 24.3 Å². The van der Waals surface area contributed by atoms with Crippen LogP contribution in [0.1, 0.15) is 43.1 Å². The van der Waals surface area contributed by atoms with Crippen LogP contribution in [0.2, 0.25) is 0 Å². The highest BCUT2D eigenvalue weighted by Gasteiger charge is 2.43. The molecule has 1 atom stereocenters. The monoisotopic (exact) mass is 469 g/mol. The molecule has 2 heterocycles. The zero-order valence-electron chi connectivity index (χ0n) is 20.2. The van der Waals surface area contributed by atoms with Crippen molar-refractivity contribution in [3.63, 3.8) is 0 Å². The first-order valence-electron chi connectivity index (χ1n) is 12.1. The fourth-order valence-corrected chi connectivity index (χ4v) is 4.61. The summed E-state index contributed by atoms with van der Waals surface area (Å²) in [7, 11) is 0. The number of carbonyl (C=O) groups excluding carboxylic acids is 2. The predicted octanol–water partition coefficient (Wildman–Crippen LogP) is 5.03. The van der Waals surface area contributed by atoms with Crippen LogP contribution in [-0.2, 0) is 22.6 Å². The van der Waals surface area contributed by atoms with Crippen LogP contribution in [0.4, 0.5) is 5.69 Å². The van der Waals surface area contributed by atoms with Crippen molar-refractivity contribution in [2.75, 3.05) is 18.0 Å². The van der Waals surface area contributed by atoms with Gasteiger partial charge in [0.1, 0.15) is 0 Å². The molecule has 1 N–H and O–H groups in total. The zero-order chi connectivity index (χ0) is 24.8. The van der Waals surface area contributed by atoms with Gasteiger partial charge in [-0.1, -0.05) is 48.5 Å². The van der Waals surface area contributed by atoms with E-state index < -0.39 is 17.7 Å². The van der Waals surface area contributed by atoms with Crippen LogP contribution < -0.4 is 4.90 Å². The Kier molecular flexibility index (Phi) is 7.60. The molecule has 0 saturated heterocycles. The Morgan fingerprint density at radius 1 is 0.971 bits per heavy atom. The molecule has 1 amide bonds. The number of amides is 1. The van der Waals surface area contributed by atoms with Gasteiger partial charge in [0.15, 0.2) is 11.5 Å². The van der Waals surface area contributed by atoms with Gasteiger partial charge in [-0.05, 0) is 55.7 Å². The standard InChI is InChI=1S/C29H31N3O3/c1-3-31(4-2)24-16-14-22(15-17-24)27-26(25(33)18-13-21-10-6-5-7-11-21)28(34)29(35)32(27)20-23-12-8-9-19-30-23/h5-12,14-17,19,27,34H,3-4,13,18,20H2,1-2H3. The number of carbonyl (C=O) groups is 2. The lowest BCUT2D eigenvalue weighted by molar-refractivity contribution is -0.130. The van der Waals surface area contributed by atoms with Crippen LogP contribution in [0.15, 0.2) is 90.3 Å². The number of aliphatic hydroxyl groups excluding tert-OH is 1. The molecule has 1 aromatic heterocycles. The number of aliphatic hydroxyl groups is 1. The van der Waals surface area contributed by atoms with Gasteiger partial charge < -0.3 is 14.9 Å². The van der Waals surface area contributed by atoms with Crippen molar-refractivity contribution in [3.8, 4) is 0 Å². The smallest absolute Gasteiger partial charge is 0.290 e. The maximum Gasteiger partial charge on any atom is 0.290 e. The normalized spacial score (nSPS) is 15.5. The first kappa shape index (κ1) is 24.2. The number of aromatic nitrogens is 1. The van der Waals surface area contributed by atoms with E-state index in [2.05, 4.69) is 23.7 Å². The maximum absolute atomic E-state index is 13.4. The second kappa shape index (κ2) is 11.0. The molecule has 0 saturated carbocycles. The van der Waals surface area contributed by atoms with Gasteiger partial charge in [0.2, 0.25) is 0 Å². The summed E-state index contributed by atoms with van der Waals surface area (Å²) < 4.78 is 0. The number of benzene rings is 2. The third-order valence-electron chi connectivity index (χ3n) is 6.48. The van der Waals surface area contributed by atoms with Gasteiger partial charge >= 0.3 is 0 Å². The Hall–Kier alpha value is -3.93. The van der Waals surface area contributed by atoms with Crippen LogP contribution in [0.3, 0.4) is 0 Å². The molecule has 0 fully saturated rings. The second-order valence-corrected chi connectivity index (χ2v) is 8.59. The number of nitrogens with zero attached hydrogens (tertiary/aromatic N) is 3. The second-order valence-electron chi connectivity index (χ2n) is 8.59. The summed E-state index contributed by atoms with van der Waals surface area (Å²) >= 11 is 0. The Morgan fingerprint density at radius 3 is 2.29 bits per heavy atom. The molecule has 3 aromatic rings. The van der Waals surface area contributed by atoms with Gasteiger partial charge in [-0.3, -0.25) is 14.6 Å². The third kappa shape index (κ3) is 5.27. The predicted molar refractivity (Wildman–Crippen MR) is 137 cm³/mol. The minimum Gasteiger partial charge on any atom is -0.503 e. The molecule has 0 bridgehead atoms. The van der Waals surface area contributed by atoms with Crippen molar-refractivity contribution in [1.29, 1.82) is 0 Å². The van der Waals surface area contributed by atoms with Gasteiger partial charge in [0.25, 0.3) is 5.91 Å². The van der Waals surface area contributed by atoms with Crippen LogP contribution in [-0.4, -0.2) is 39.8 Å². The number of rotatable bonds is 10. The average Bonchev–Trinajstić information content (AvgIpc) is 3.14. The quantitative estimate of drug-likeness (QED) is 0.451. The molecule has 6 nitrogen and oxygen atoms in total. The van der Waals surface area contributed by atoms with Gasteiger partial charge in [-0.25, -0.2) is 0 Å². The summed E-state index contributed by atoms with van der Waals surface area (Å²) in [6.07, 6.45) is 2.42. The molecule has 1 aliphatic rings. The SMILES string of the molecule is CCN(CC)c1ccc(C2C(C(=O)CCc3ccccc3)=C(O)C(=O)N2Cc2ccccn2)cc1. The number of aryl methyl sites for hydroxylation is 1. The molecule has 2 aromatic carbocycles. The summed E-state index contributed by atoms with van der Waals surface area (Å²) in [6, 6.07) is 22.5. The van der Waals surface area contributed by atoms with Crippen molar-refractivity contribution < 1.29 is 14.7 Å². The van der Waals surface area contributed by atoms with Crippen molar-refractivity contribution in [1.82, 2.24) is 9.88 Å². The Balaban J connectivity index is 1.67. The minimum absolute atomic E-state index is 0.164. The van der Waals surface area contributed by atoms with Gasteiger partial charge in [-0.2, -0.15) is 0 Å². The molecule has 4 rings (SSSR count). The Labute approximate surface area is 206 Å². The number of hydrogen-bond acceptors (Lipinski definition) is 5. The van der Waals surface area contributed by atoms with Crippen molar-refractivity contribution in [2.24, 2.45) is 0 Å². The average molecular weight is 470 g/mol. The fourth-order valence-electron chi connectivity index (χ4n) is 4.61. The van der Waals surface area contributed by atoms with E-state index in [4.69, 9.17) is 0 Å². The molecular weight excluding hydrogens is 438 g/mol.